The molecule has 15 heavy (non-hydrogen) atoms. The van der Waals surface area contributed by atoms with E-state index >= 15 is 0 Å². The highest BCUT2D eigenvalue weighted by Crippen LogP contribution is 2.22. The van der Waals surface area contributed by atoms with Gasteiger partial charge in [-0.2, -0.15) is 0 Å². The number of aliphatic hydroxyl groups excluding tert-OH is 1. The molecule has 0 atom stereocenters. The fourth-order valence-electron chi connectivity index (χ4n) is 1.48. The van der Waals surface area contributed by atoms with E-state index in [9.17, 15) is 5.11 Å². The number of nitrogens with one attached hydrogen (secondary N) is 1. The average Bonchev–Trinajstić information content (AvgIpc) is 2.26. The van der Waals surface area contributed by atoms with Gasteiger partial charge in [0.05, 0.1) is 12.1 Å². The first-order valence-corrected chi connectivity index (χ1v) is 5.54. The second-order valence-corrected chi connectivity index (χ2v) is 4.03. The van der Waals surface area contributed by atoms with Crippen LogP contribution in [0.25, 0.3) is 0 Å². The van der Waals surface area contributed by atoms with E-state index in [1.165, 1.54) is 0 Å². The van der Waals surface area contributed by atoms with E-state index in [1.54, 1.807) is 12.3 Å². The van der Waals surface area contributed by atoms with Crippen LogP contribution in [0, 0.1) is 0 Å². The number of hydrogen-bond donors (Lipinski definition) is 2. The Hall–Kier alpha value is -0.800. The van der Waals surface area contributed by atoms with Crippen LogP contribution >= 0.6 is 11.6 Å². The Morgan fingerprint density at radius 1 is 1.47 bits per heavy atom. The fourth-order valence-corrected chi connectivity index (χ4v) is 1.65. The van der Waals surface area contributed by atoms with E-state index in [2.05, 4.69) is 24.1 Å². The van der Waals surface area contributed by atoms with Crippen molar-refractivity contribution in [2.75, 3.05) is 11.9 Å². The normalized spacial score (nSPS) is 11.5. The van der Waals surface area contributed by atoms with Crippen molar-refractivity contribution in [3.8, 4) is 0 Å². The summed E-state index contributed by atoms with van der Waals surface area (Å²) in [6.45, 7) is 4.21. The summed E-state index contributed by atoms with van der Waals surface area (Å²) in [4.78, 5) is 3.91. The quantitative estimate of drug-likeness (QED) is 0.762. The first kappa shape index (κ1) is 12.3. The van der Waals surface area contributed by atoms with Gasteiger partial charge in [-0.05, 0) is 25.0 Å². The minimum absolute atomic E-state index is 0.111. The molecule has 0 aromatic carbocycles. The third kappa shape index (κ3) is 3.08. The molecule has 0 aliphatic heterocycles. The van der Waals surface area contributed by atoms with Gasteiger partial charge < -0.3 is 10.4 Å². The number of aliphatic hydroxyl groups is 1. The molecule has 0 fully saturated rings. The first-order valence-electron chi connectivity index (χ1n) is 5.16. The zero-order chi connectivity index (χ0) is 11.3. The van der Waals surface area contributed by atoms with Gasteiger partial charge >= 0.3 is 0 Å². The molecule has 4 heteroatoms. The van der Waals surface area contributed by atoms with Gasteiger partial charge in [0, 0.05) is 11.9 Å². The number of nitrogens with zero attached hydrogens (tertiary/aromatic N) is 1. The van der Waals surface area contributed by atoms with Gasteiger partial charge in [0.1, 0.15) is 5.15 Å². The van der Waals surface area contributed by atoms with Crippen molar-refractivity contribution >= 4 is 17.3 Å². The molecule has 0 bridgehead atoms. The lowest BCUT2D eigenvalue weighted by Crippen LogP contribution is -2.40. The van der Waals surface area contributed by atoms with Gasteiger partial charge in [0.25, 0.3) is 0 Å². The van der Waals surface area contributed by atoms with E-state index in [-0.39, 0.29) is 12.1 Å². The zero-order valence-electron chi connectivity index (χ0n) is 9.13. The topological polar surface area (TPSA) is 45.1 Å². The number of hydrogen-bond acceptors (Lipinski definition) is 3. The van der Waals surface area contributed by atoms with Gasteiger partial charge in [-0.1, -0.05) is 25.4 Å². The maximum atomic E-state index is 9.40. The summed E-state index contributed by atoms with van der Waals surface area (Å²) in [5, 5.41) is 13.2. The Kier molecular flexibility index (Phi) is 4.36. The molecule has 3 nitrogen and oxygen atoms in total. The van der Waals surface area contributed by atoms with Crippen LogP contribution in [0.4, 0.5) is 5.69 Å². The van der Waals surface area contributed by atoms with Crippen molar-refractivity contribution in [2.24, 2.45) is 0 Å². The second kappa shape index (κ2) is 5.33. The zero-order valence-corrected chi connectivity index (χ0v) is 9.88. The lowest BCUT2D eigenvalue weighted by molar-refractivity contribution is 0.202. The molecule has 0 saturated heterocycles. The van der Waals surface area contributed by atoms with Crippen LogP contribution in [0.3, 0.4) is 0 Å². The van der Waals surface area contributed by atoms with Crippen molar-refractivity contribution in [3.63, 3.8) is 0 Å². The largest absolute Gasteiger partial charge is 0.394 e. The summed E-state index contributed by atoms with van der Waals surface area (Å²) in [6.07, 6.45) is 3.37. The highest BCUT2D eigenvalue weighted by Gasteiger charge is 2.24. The van der Waals surface area contributed by atoms with Gasteiger partial charge in [-0.15, -0.1) is 0 Å². The Labute approximate surface area is 95.5 Å². The molecular weight excluding hydrogens is 212 g/mol. The van der Waals surface area contributed by atoms with Crippen molar-refractivity contribution in [1.82, 2.24) is 4.98 Å². The Morgan fingerprint density at radius 3 is 2.60 bits per heavy atom. The first-order chi connectivity index (χ1) is 7.15. The summed E-state index contributed by atoms with van der Waals surface area (Å²) >= 11 is 5.79. The summed E-state index contributed by atoms with van der Waals surface area (Å²) < 4.78 is 0. The molecule has 1 heterocycles. The van der Waals surface area contributed by atoms with Crippen LogP contribution in [0.1, 0.15) is 26.7 Å². The lowest BCUT2D eigenvalue weighted by Gasteiger charge is -2.31. The monoisotopic (exact) mass is 228 g/mol. The van der Waals surface area contributed by atoms with Crippen LogP contribution in [-0.2, 0) is 0 Å². The van der Waals surface area contributed by atoms with E-state index in [1.807, 2.05) is 6.07 Å². The Balaban J connectivity index is 2.82. The average molecular weight is 229 g/mol. The summed E-state index contributed by atoms with van der Waals surface area (Å²) in [5.74, 6) is 0. The van der Waals surface area contributed by atoms with Gasteiger partial charge in [0.15, 0.2) is 0 Å². The molecule has 2 N–H and O–H groups in total. The SMILES string of the molecule is CCC(CC)(CO)Nc1ccnc(Cl)c1. The minimum Gasteiger partial charge on any atom is -0.394 e. The molecule has 1 rings (SSSR count). The molecule has 84 valence electrons. The maximum Gasteiger partial charge on any atom is 0.131 e. The smallest absolute Gasteiger partial charge is 0.131 e. The summed E-state index contributed by atoms with van der Waals surface area (Å²) in [5.41, 5.74) is 0.637. The predicted octanol–water partition coefficient (Wildman–Crippen LogP) is 2.70. The number of pyridine rings is 1. The van der Waals surface area contributed by atoms with Gasteiger partial charge in [-0.3, -0.25) is 0 Å². The standard InChI is InChI=1S/C11H17ClN2O/c1-3-11(4-2,8-15)14-9-5-6-13-10(12)7-9/h5-7,15H,3-4,8H2,1-2H3,(H,13,14). The van der Waals surface area contributed by atoms with Crippen molar-refractivity contribution in [1.29, 1.82) is 0 Å². The van der Waals surface area contributed by atoms with Crippen LogP contribution in [0.15, 0.2) is 18.3 Å². The highest BCUT2D eigenvalue weighted by atomic mass is 35.5. The number of rotatable bonds is 5. The predicted molar refractivity (Wildman–Crippen MR) is 63.3 cm³/mol. The molecular formula is C11H17ClN2O. The van der Waals surface area contributed by atoms with Crippen LogP contribution in [-0.4, -0.2) is 22.2 Å². The Bertz CT molecular complexity index is 305. The van der Waals surface area contributed by atoms with E-state index in [0.717, 1.165) is 18.5 Å². The molecule has 0 radical (unpaired) electrons. The van der Waals surface area contributed by atoms with Crippen LogP contribution in [0.2, 0.25) is 5.15 Å². The van der Waals surface area contributed by atoms with E-state index in [4.69, 9.17) is 11.6 Å². The van der Waals surface area contributed by atoms with Crippen molar-refractivity contribution < 1.29 is 5.11 Å². The number of anilines is 1. The lowest BCUT2D eigenvalue weighted by atomic mass is 9.93. The van der Waals surface area contributed by atoms with E-state index in [0.29, 0.717) is 5.15 Å². The summed E-state index contributed by atoms with van der Waals surface area (Å²) in [6, 6.07) is 3.61. The molecule has 0 spiro atoms. The van der Waals surface area contributed by atoms with Gasteiger partial charge in [-0.25, -0.2) is 4.98 Å². The highest BCUT2D eigenvalue weighted by molar-refractivity contribution is 6.29. The van der Waals surface area contributed by atoms with Gasteiger partial charge in [0.2, 0.25) is 0 Å². The molecule has 0 saturated carbocycles. The molecule has 0 aliphatic rings. The summed E-state index contributed by atoms with van der Waals surface area (Å²) in [7, 11) is 0. The third-order valence-electron chi connectivity index (χ3n) is 2.79. The van der Waals surface area contributed by atoms with E-state index < -0.39 is 0 Å². The number of aromatic nitrogens is 1. The van der Waals surface area contributed by atoms with Crippen molar-refractivity contribution in [2.45, 2.75) is 32.2 Å². The molecule has 1 aromatic heterocycles. The fraction of sp³-hybridized carbons (Fsp3) is 0.545. The van der Waals surface area contributed by atoms with Crippen LogP contribution < -0.4 is 5.32 Å². The molecule has 0 unspecified atom stereocenters. The molecule has 0 amide bonds. The molecule has 0 aliphatic carbocycles. The Morgan fingerprint density at radius 2 is 2.13 bits per heavy atom. The van der Waals surface area contributed by atoms with Crippen molar-refractivity contribution in [3.05, 3.63) is 23.5 Å². The third-order valence-corrected chi connectivity index (χ3v) is 3.00. The molecule has 1 aromatic rings. The number of halogens is 1. The second-order valence-electron chi connectivity index (χ2n) is 3.64. The minimum atomic E-state index is -0.259. The maximum absolute atomic E-state index is 9.40. The van der Waals surface area contributed by atoms with Crippen LogP contribution in [0.5, 0.6) is 0 Å².